The van der Waals surface area contributed by atoms with Crippen LogP contribution in [0.2, 0.25) is 0 Å². The maximum absolute atomic E-state index is 12.3. The summed E-state index contributed by atoms with van der Waals surface area (Å²) in [5, 5.41) is 0. The molecule has 0 bridgehead atoms. The molecule has 5 nitrogen and oxygen atoms in total. The van der Waals surface area contributed by atoms with Crippen LogP contribution in [0, 0.1) is 5.41 Å². The lowest BCUT2D eigenvalue weighted by Gasteiger charge is -2.15. The van der Waals surface area contributed by atoms with Crippen molar-refractivity contribution in [2.45, 2.75) is 37.5 Å². The highest BCUT2D eigenvalue weighted by Crippen LogP contribution is 2.49. The first-order chi connectivity index (χ1) is 9.42. The maximum atomic E-state index is 12.3. The summed E-state index contributed by atoms with van der Waals surface area (Å²) in [4.78, 5) is 0.191. The summed E-state index contributed by atoms with van der Waals surface area (Å²) in [6.45, 7) is 2.63. The lowest BCUT2D eigenvalue weighted by Crippen LogP contribution is -2.30. The van der Waals surface area contributed by atoms with Crippen molar-refractivity contribution < 1.29 is 13.2 Å². The molecule has 0 saturated heterocycles. The maximum Gasteiger partial charge on any atom is 0.240 e. The van der Waals surface area contributed by atoms with Crippen molar-refractivity contribution in [1.29, 1.82) is 0 Å². The fourth-order valence-electron chi connectivity index (χ4n) is 2.41. The predicted octanol–water partition coefficient (Wildman–Crippen LogP) is 2.14. The number of sulfonamides is 1. The number of methoxy groups -OCH3 is 1. The topological polar surface area (TPSA) is 81.4 Å². The van der Waals surface area contributed by atoms with E-state index in [-0.39, 0.29) is 10.3 Å². The Morgan fingerprint density at radius 2 is 2.10 bits per heavy atom. The number of ether oxygens (including phenoxy) is 1. The molecule has 6 heteroatoms. The second-order valence-electron chi connectivity index (χ2n) is 5.48. The zero-order valence-electron chi connectivity index (χ0n) is 12.0. The standard InChI is InChI=1S/C14H22N2O3S/c1-3-6-14(7-8-14)10-16-20(17,18)11-4-5-12(15)13(9-11)19-2/h4-5,9,16H,3,6-8,10,15H2,1-2H3. The Morgan fingerprint density at radius 1 is 1.40 bits per heavy atom. The Morgan fingerprint density at radius 3 is 2.65 bits per heavy atom. The van der Waals surface area contributed by atoms with Gasteiger partial charge in [-0.15, -0.1) is 0 Å². The van der Waals surface area contributed by atoms with E-state index in [2.05, 4.69) is 11.6 Å². The fraction of sp³-hybridized carbons (Fsp3) is 0.571. The van der Waals surface area contributed by atoms with Gasteiger partial charge in [-0.2, -0.15) is 0 Å². The normalized spacial score (nSPS) is 16.9. The van der Waals surface area contributed by atoms with Gasteiger partial charge in [0.2, 0.25) is 10.0 Å². The molecule has 0 aliphatic heterocycles. The molecular weight excluding hydrogens is 276 g/mol. The average molecular weight is 298 g/mol. The van der Waals surface area contributed by atoms with E-state index < -0.39 is 10.0 Å². The molecule has 0 radical (unpaired) electrons. The van der Waals surface area contributed by atoms with E-state index in [4.69, 9.17) is 10.5 Å². The Bertz CT molecular complexity index is 580. The van der Waals surface area contributed by atoms with Crippen LogP contribution in [0.4, 0.5) is 5.69 Å². The van der Waals surface area contributed by atoms with Gasteiger partial charge >= 0.3 is 0 Å². The van der Waals surface area contributed by atoms with Gasteiger partial charge in [0.1, 0.15) is 5.75 Å². The Kier molecular flexibility index (Phi) is 4.25. The largest absolute Gasteiger partial charge is 0.495 e. The van der Waals surface area contributed by atoms with Gasteiger partial charge in [0.25, 0.3) is 0 Å². The lowest BCUT2D eigenvalue weighted by atomic mass is 10.0. The third-order valence-electron chi connectivity index (χ3n) is 3.89. The van der Waals surface area contributed by atoms with Gasteiger partial charge < -0.3 is 10.5 Å². The second kappa shape index (κ2) is 5.61. The molecule has 1 aliphatic rings. The molecule has 0 unspecified atom stereocenters. The van der Waals surface area contributed by atoms with Gasteiger partial charge in [-0.05, 0) is 36.8 Å². The van der Waals surface area contributed by atoms with E-state index in [0.717, 1.165) is 25.7 Å². The monoisotopic (exact) mass is 298 g/mol. The van der Waals surface area contributed by atoms with Crippen molar-refractivity contribution in [3.63, 3.8) is 0 Å². The minimum absolute atomic E-state index is 0.180. The summed E-state index contributed by atoms with van der Waals surface area (Å²) in [6, 6.07) is 4.50. The quantitative estimate of drug-likeness (QED) is 0.756. The van der Waals surface area contributed by atoms with Crippen LogP contribution in [0.15, 0.2) is 23.1 Å². The number of rotatable bonds is 7. The number of hydrogen-bond acceptors (Lipinski definition) is 4. The number of nitrogens with two attached hydrogens (primary N) is 1. The molecule has 1 aromatic carbocycles. The van der Waals surface area contributed by atoms with Gasteiger partial charge in [-0.3, -0.25) is 0 Å². The van der Waals surface area contributed by atoms with Crippen molar-refractivity contribution in [3.05, 3.63) is 18.2 Å². The second-order valence-corrected chi connectivity index (χ2v) is 7.25. The lowest BCUT2D eigenvalue weighted by molar-refractivity contribution is 0.415. The Balaban J connectivity index is 2.10. The van der Waals surface area contributed by atoms with Crippen LogP contribution in [0.25, 0.3) is 0 Å². The molecule has 0 heterocycles. The van der Waals surface area contributed by atoms with Crippen LogP contribution in [-0.4, -0.2) is 22.1 Å². The number of nitrogen functional groups attached to an aromatic ring is 1. The highest BCUT2D eigenvalue weighted by Gasteiger charge is 2.42. The highest BCUT2D eigenvalue weighted by molar-refractivity contribution is 7.89. The molecule has 0 atom stereocenters. The van der Waals surface area contributed by atoms with Crippen molar-refractivity contribution in [2.75, 3.05) is 19.4 Å². The van der Waals surface area contributed by atoms with Crippen molar-refractivity contribution >= 4 is 15.7 Å². The van der Waals surface area contributed by atoms with Crippen molar-refractivity contribution in [3.8, 4) is 5.75 Å². The van der Waals surface area contributed by atoms with Crippen LogP contribution in [0.1, 0.15) is 32.6 Å². The van der Waals surface area contributed by atoms with Gasteiger partial charge in [-0.1, -0.05) is 13.3 Å². The zero-order valence-corrected chi connectivity index (χ0v) is 12.8. The SMILES string of the molecule is CCCC1(CNS(=O)(=O)c2ccc(N)c(OC)c2)CC1. The van der Waals surface area contributed by atoms with Crippen LogP contribution < -0.4 is 15.2 Å². The molecule has 112 valence electrons. The van der Waals surface area contributed by atoms with Crippen LogP contribution >= 0.6 is 0 Å². The van der Waals surface area contributed by atoms with Gasteiger partial charge in [0.15, 0.2) is 0 Å². The first-order valence-corrected chi connectivity index (χ1v) is 8.34. The molecular formula is C14H22N2O3S. The molecule has 20 heavy (non-hydrogen) atoms. The molecule has 3 N–H and O–H groups in total. The number of anilines is 1. The van der Waals surface area contributed by atoms with Crippen LogP contribution in [0.5, 0.6) is 5.75 Å². The first kappa shape index (κ1) is 15.1. The molecule has 0 amide bonds. The third-order valence-corrected chi connectivity index (χ3v) is 5.29. The van der Waals surface area contributed by atoms with E-state index in [1.165, 1.54) is 19.2 Å². The smallest absolute Gasteiger partial charge is 0.240 e. The molecule has 1 aliphatic carbocycles. The summed E-state index contributed by atoms with van der Waals surface area (Å²) in [5.74, 6) is 0.377. The average Bonchev–Trinajstić information content (AvgIpc) is 3.18. The first-order valence-electron chi connectivity index (χ1n) is 6.86. The molecule has 0 aromatic heterocycles. The molecule has 0 spiro atoms. The Labute approximate surface area is 120 Å². The van der Waals surface area contributed by atoms with E-state index in [9.17, 15) is 8.42 Å². The minimum atomic E-state index is -3.51. The fourth-order valence-corrected chi connectivity index (χ4v) is 3.58. The molecule has 2 rings (SSSR count). The van der Waals surface area contributed by atoms with E-state index in [1.807, 2.05) is 0 Å². The summed E-state index contributed by atoms with van der Waals surface area (Å²) < 4.78 is 32.3. The molecule has 1 saturated carbocycles. The van der Waals surface area contributed by atoms with Crippen molar-refractivity contribution in [1.82, 2.24) is 4.72 Å². The van der Waals surface area contributed by atoms with Gasteiger partial charge in [0.05, 0.1) is 17.7 Å². The minimum Gasteiger partial charge on any atom is -0.495 e. The van der Waals surface area contributed by atoms with E-state index in [1.54, 1.807) is 6.07 Å². The van der Waals surface area contributed by atoms with Gasteiger partial charge in [0, 0.05) is 12.6 Å². The van der Waals surface area contributed by atoms with E-state index in [0.29, 0.717) is 18.0 Å². The van der Waals surface area contributed by atoms with E-state index >= 15 is 0 Å². The molecule has 1 aromatic rings. The number of hydrogen-bond donors (Lipinski definition) is 2. The van der Waals surface area contributed by atoms with Crippen LogP contribution in [0.3, 0.4) is 0 Å². The number of nitrogens with one attached hydrogen (secondary N) is 1. The summed E-state index contributed by atoms with van der Waals surface area (Å²) in [5.41, 5.74) is 6.30. The highest BCUT2D eigenvalue weighted by atomic mass is 32.2. The summed E-state index contributed by atoms with van der Waals surface area (Å²) >= 11 is 0. The zero-order chi connectivity index (χ0) is 14.8. The van der Waals surface area contributed by atoms with Crippen molar-refractivity contribution in [2.24, 2.45) is 5.41 Å². The van der Waals surface area contributed by atoms with Crippen LogP contribution in [-0.2, 0) is 10.0 Å². The predicted molar refractivity (Wildman–Crippen MR) is 79.2 cm³/mol. The molecule has 1 fully saturated rings. The summed E-state index contributed by atoms with van der Waals surface area (Å²) in [6.07, 6.45) is 4.36. The van der Waals surface area contributed by atoms with Gasteiger partial charge in [-0.25, -0.2) is 13.1 Å². The number of benzene rings is 1. The Hall–Kier alpha value is -1.27. The third kappa shape index (κ3) is 3.24. The summed E-state index contributed by atoms with van der Waals surface area (Å²) in [7, 11) is -2.04.